The van der Waals surface area contributed by atoms with Crippen LogP contribution >= 0.6 is 0 Å². The van der Waals surface area contributed by atoms with Gasteiger partial charge in [-0.2, -0.15) is 5.26 Å². The van der Waals surface area contributed by atoms with E-state index >= 15 is 0 Å². The minimum atomic E-state index is 0.491. The summed E-state index contributed by atoms with van der Waals surface area (Å²) in [5.74, 6) is 0. The van der Waals surface area contributed by atoms with Gasteiger partial charge in [-0.25, -0.2) is 6.57 Å². The van der Waals surface area contributed by atoms with Crippen LogP contribution in [0.15, 0.2) is 18.3 Å². The van der Waals surface area contributed by atoms with Gasteiger partial charge in [-0.1, -0.05) is 6.07 Å². The molecule has 1 rings (SSSR count). The molecule has 14 heavy (non-hydrogen) atoms. The molecular weight excluding hydrogens is 174 g/mol. The zero-order valence-corrected chi connectivity index (χ0v) is 7.90. The molecule has 1 heterocycles. The number of hydrogen-bond donors (Lipinski definition) is 0. The fraction of sp³-hybridized carbons (Fsp3) is 0.364. The number of nitriles is 1. The van der Waals surface area contributed by atoms with Crippen LogP contribution in [0.25, 0.3) is 4.85 Å². The summed E-state index contributed by atoms with van der Waals surface area (Å²) in [5, 5.41) is 8.39. The van der Waals surface area contributed by atoms with Crippen LogP contribution in [0.1, 0.15) is 17.7 Å². The fourth-order valence-electron chi connectivity index (χ4n) is 1.12. The Morgan fingerprint density at radius 3 is 2.86 bits per heavy atom. The summed E-state index contributed by atoms with van der Waals surface area (Å²) in [4.78, 5) is 7.49. The minimum Gasteiger partial charge on any atom is -0.317 e. The number of rotatable bonds is 4. The molecule has 3 heteroatoms. The molecule has 0 aliphatic heterocycles. The Bertz CT molecular complexity index is 317. The Morgan fingerprint density at radius 1 is 1.43 bits per heavy atom. The standard InChI is InChI=1S/C11H11N3/c1-13-8-6-11-5-4-10(9-14-11)3-2-7-12/h4-5,9H,2-3,6,8H2. The van der Waals surface area contributed by atoms with E-state index in [-0.39, 0.29) is 0 Å². The molecule has 0 N–H and O–H groups in total. The van der Waals surface area contributed by atoms with Crippen molar-refractivity contribution in [1.29, 1.82) is 5.26 Å². The first-order valence-corrected chi connectivity index (χ1v) is 4.51. The fourth-order valence-corrected chi connectivity index (χ4v) is 1.12. The number of nitrogens with zero attached hydrogens (tertiary/aromatic N) is 3. The van der Waals surface area contributed by atoms with Crippen LogP contribution in [-0.2, 0) is 12.8 Å². The molecule has 0 bridgehead atoms. The molecule has 0 amide bonds. The average Bonchev–Trinajstić information content (AvgIpc) is 2.25. The van der Waals surface area contributed by atoms with Crippen LogP contribution in [0.3, 0.4) is 0 Å². The quantitative estimate of drug-likeness (QED) is 0.673. The van der Waals surface area contributed by atoms with Gasteiger partial charge < -0.3 is 4.85 Å². The first-order chi connectivity index (χ1) is 6.86. The normalized spacial score (nSPS) is 9.00. The molecule has 0 atom stereocenters. The average molecular weight is 185 g/mol. The van der Waals surface area contributed by atoms with Crippen LogP contribution in [0.5, 0.6) is 0 Å². The monoisotopic (exact) mass is 185 g/mol. The predicted molar refractivity (Wildman–Crippen MR) is 53.3 cm³/mol. The van der Waals surface area contributed by atoms with E-state index in [1.54, 1.807) is 6.20 Å². The highest BCUT2D eigenvalue weighted by molar-refractivity contribution is 5.15. The maximum absolute atomic E-state index is 8.39. The van der Waals surface area contributed by atoms with Crippen molar-refractivity contribution in [1.82, 2.24) is 4.98 Å². The molecule has 0 fully saturated rings. The van der Waals surface area contributed by atoms with Crippen molar-refractivity contribution in [3.63, 3.8) is 0 Å². The third kappa shape index (κ3) is 3.25. The van der Waals surface area contributed by atoms with Crippen LogP contribution in [0.4, 0.5) is 0 Å². The first-order valence-electron chi connectivity index (χ1n) is 4.51. The van der Waals surface area contributed by atoms with Gasteiger partial charge in [-0.15, -0.1) is 0 Å². The molecule has 1 aromatic heterocycles. The summed E-state index contributed by atoms with van der Waals surface area (Å²) in [5.41, 5.74) is 2.03. The van der Waals surface area contributed by atoms with Gasteiger partial charge >= 0.3 is 0 Å². The second-order valence-electron chi connectivity index (χ2n) is 2.95. The van der Waals surface area contributed by atoms with Crippen LogP contribution in [-0.4, -0.2) is 11.5 Å². The Kier molecular flexibility index (Phi) is 4.17. The van der Waals surface area contributed by atoms with Crippen LogP contribution in [0, 0.1) is 17.9 Å². The Balaban J connectivity index is 2.52. The van der Waals surface area contributed by atoms with Crippen molar-refractivity contribution in [3.05, 3.63) is 41.0 Å². The summed E-state index contributed by atoms with van der Waals surface area (Å²) in [6, 6.07) is 6.00. The van der Waals surface area contributed by atoms with E-state index in [0.29, 0.717) is 19.4 Å². The molecule has 0 aromatic carbocycles. The lowest BCUT2D eigenvalue weighted by atomic mass is 10.1. The van der Waals surface area contributed by atoms with E-state index in [4.69, 9.17) is 11.8 Å². The van der Waals surface area contributed by atoms with Gasteiger partial charge in [-0.3, -0.25) is 4.98 Å². The molecular formula is C11H11N3. The van der Waals surface area contributed by atoms with Gasteiger partial charge in [0.25, 0.3) is 0 Å². The minimum absolute atomic E-state index is 0.491. The highest BCUT2D eigenvalue weighted by atomic mass is 14.7. The third-order valence-electron chi connectivity index (χ3n) is 1.89. The molecule has 0 saturated carbocycles. The van der Waals surface area contributed by atoms with Gasteiger partial charge in [0.05, 0.1) is 12.5 Å². The van der Waals surface area contributed by atoms with E-state index in [0.717, 1.165) is 17.7 Å². The maximum atomic E-state index is 8.39. The Hall–Kier alpha value is -1.87. The maximum Gasteiger partial charge on any atom is 0.220 e. The number of pyridine rings is 1. The molecule has 0 saturated heterocycles. The molecule has 0 spiro atoms. The third-order valence-corrected chi connectivity index (χ3v) is 1.89. The summed E-state index contributed by atoms with van der Waals surface area (Å²) in [6.07, 6.45) is 3.79. The smallest absolute Gasteiger partial charge is 0.220 e. The van der Waals surface area contributed by atoms with E-state index in [1.165, 1.54) is 0 Å². The largest absolute Gasteiger partial charge is 0.317 e. The van der Waals surface area contributed by atoms with Gasteiger partial charge in [-0.05, 0) is 18.1 Å². The van der Waals surface area contributed by atoms with Crippen LogP contribution < -0.4 is 0 Å². The zero-order valence-electron chi connectivity index (χ0n) is 7.90. The van der Waals surface area contributed by atoms with E-state index in [9.17, 15) is 0 Å². The number of aromatic nitrogens is 1. The number of aryl methyl sites for hydroxylation is 1. The SMILES string of the molecule is [C-]#[N+]CCc1ccc(CCC#N)cn1. The van der Waals surface area contributed by atoms with Gasteiger partial charge in [0, 0.05) is 18.3 Å². The lowest BCUT2D eigenvalue weighted by Gasteiger charge is -1.98. The Morgan fingerprint density at radius 2 is 2.29 bits per heavy atom. The van der Waals surface area contributed by atoms with Crippen molar-refractivity contribution in [2.75, 3.05) is 6.54 Å². The molecule has 70 valence electrons. The second kappa shape index (κ2) is 5.72. The lowest BCUT2D eigenvalue weighted by molar-refractivity contribution is 0.954. The molecule has 0 radical (unpaired) electrons. The molecule has 0 unspecified atom stereocenters. The van der Waals surface area contributed by atoms with Crippen molar-refractivity contribution >= 4 is 0 Å². The highest BCUT2D eigenvalue weighted by Gasteiger charge is 1.97. The van der Waals surface area contributed by atoms with Crippen LogP contribution in [0.2, 0.25) is 0 Å². The predicted octanol–water partition coefficient (Wildman–Crippen LogP) is 2.00. The zero-order chi connectivity index (χ0) is 10.2. The van der Waals surface area contributed by atoms with Gasteiger partial charge in [0.1, 0.15) is 0 Å². The summed E-state index contributed by atoms with van der Waals surface area (Å²) >= 11 is 0. The van der Waals surface area contributed by atoms with E-state index in [2.05, 4.69) is 15.9 Å². The van der Waals surface area contributed by atoms with Gasteiger partial charge in [0.2, 0.25) is 6.54 Å². The van der Waals surface area contributed by atoms with E-state index in [1.807, 2.05) is 12.1 Å². The highest BCUT2D eigenvalue weighted by Crippen LogP contribution is 2.03. The van der Waals surface area contributed by atoms with Crippen molar-refractivity contribution in [3.8, 4) is 6.07 Å². The summed E-state index contributed by atoms with van der Waals surface area (Å²) < 4.78 is 0. The second-order valence-corrected chi connectivity index (χ2v) is 2.95. The first kappa shape index (κ1) is 10.2. The van der Waals surface area contributed by atoms with Crippen molar-refractivity contribution < 1.29 is 0 Å². The number of hydrogen-bond acceptors (Lipinski definition) is 2. The lowest BCUT2D eigenvalue weighted by Crippen LogP contribution is -1.93. The van der Waals surface area contributed by atoms with Gasteiger partial charge in [0.15, 0.2) is 0 Å². The summed E-state index contributed by atoms with van der Waals surface area (Å²) in [7, 11) is 0. The van der Waals surface area contributed by atoms with Crippen molar-refractivity contribution in [2.45, 2.75) is 19.3 Å². The molecule has 1 aromatic rings. The molecule has 0 aliphatic rings. The summed E-state index contributed by atoms with van der Waals surface area (Å²) in [6.45, 7) is 7.14. The van der Waals surface area contributed by atoms with Crippen molar-refractivity contribution in [2.24, 2.45) is 0 Å². The van der Waals surface area contributed by atoms with E-state index < -0.39 is 0 Å². The topological polar surface area (TPSA) is 41.0 Å². The Labute approximate surface area is 83.8 Å². The molecule has 3 nitrogen and oxygen atoms in total. The molecule has 0 aliphatic carbocycles.